The summed E-state index contributed by atoms with van der Waals surface area (Å²) in [5, 5.41) is 20.7. The summed E-state index contributed by atoms with van der Waals surface area (Å²) in [4.78, 5) is 175. The van der Waals surface area contributed by atoms with Crippen LogP contribution >= 0.6 is 11.6 Å². The molecule has 3 saturated heterocycles. The Balaban J connectivity index is 1.43. The quantitative estimate of drug-likeness (QED) is 0.220. The van der Waals surface area contributed by atoms with Gasteiger partial charge in [-0.1, -0.05) is 97.7 Å². The van der Waals surface area contributed by atoms with Crippen LogP contribution in [0.4, 0.5) is 13.2 Å². The van der Waals surface area contributed by atoms with Crippen LogP contribution in [0.3, 0.4) is 0 Å². The number of amides is 11. The average molecular weight is 1400 g/mol. The van der Waals surface area contributed by atoms with Crippen LogP contribution in [0, 0.1) is 23.7 Å². The molecule has 0 radical (unpaired) electrons. The van der Waals surface area contributed by atoms with Crippen LogP contribution in [-0.2, 0) is 65.3 Å². The van der Waals surface area contributed by atoms with Gasteiger partial charge >= 0.3 is 6.18 Å². The molecule has 550 valence electrons. The fourth-order valence-electron chi connectivity index (χ4n) is 14.7. The van der Waals surface area contributed by atoms with Gasteiger partial charge in [0.15, 0.2) is 0 Å². The first-order chi connectivity index (χ1) is 46.0. The molecule has 24 nitrogen and oxygen atoms in total. The number of fused-ring (bicyclic) bond motifs is 1. The van der Waals surface area contributed by atoms with E-state index in [0.29, 0.717) is 70.0 Å². The van der Waals surface area contributed by atoms with Gasteiger partial charge in [0.2, 0.25) is 65.0 Å². The molecule has 5 aliphatic rings. The lowest BCUT2D eigenvalue weighted by molar-refractivity contribution is -0.157. The van der Waals surface area contributed by atoms with Crippen molar-refractivity contribution in [2.75, 3.05) is 88.6 Å². The van der Waals surface area contributed by atoms with E-state index >= 15 is 24.0 Å². The highest BCUT2D eigenvalue weighted by atomic mass is 35.5. The summed E-state index contributed by atoms with van der Waals surface area (Å²) < 4.78 is 41.5. The number of carbonyl (C=O) groups is 11. The number of piperidine rings is 1. The second kappa shape index (κ2) is 35.6. The predicted molar refractivity (Wildman–Crippen MR) is 363 cm³/mol. The molecule has 4 N–H and O–H groups in total. The third-order valence-corrected chi connectivity index (χ3v) is 21.2. The van der Waals surface area contributed by atoms with Crippen LogP contribution in [0.15, 0.2) is 18.2 Å². The lowest BCUT2D eigenvalue weighted by Crippen LogP contribution is -2.65. The Morgan fingerprint density at radius 1 is 0.653 bits per heavy atom. The van der Waals surface area contributed by atoms with E-state index < -0.39 is 161 Å². The summed E-state index contributed by atoms with van der Waals surface area (Å²) in [6, 6.07) is -5.32. The second-order valence-electron chi connectivity index (χ2n) is 29.2. The lowest BCUT2D eigenvalue weighted by atomic mass is 9.81. The molecule has 1 unspecified atom stereocenters. The first-order valence-electron chi connectivity index (χ1n) is 35.3. The SMILES string of the molecule is CC[C@H](C)[C@@H]1NC(=O)[C@H](CC(C)C)N(C)C(O)C[C@@H](C(=O)N2CCCCC2)N(C)C(=O)[C@H](C2CCCCC2)N(C)C(=O)C2(CCCC2)NC(=O)[C@@H]2CCCN2C(=O)[C@H](CCc2ccc(C(F)(F)F)c(Cl)c2)NC(=O)CN(C)C(=O)[C@H](CC(C)C)N(C)C(=O)CN(C)C(=O)CN(C)C1=O. The van der Waals surface area contributed by atoms with Crippen LogP contribution in [0.5, 0.6) is 0 Å². The van der Waals surface area contributed by atoms with Crippen molar-refractivity contribution < 1.29 is 71.0 Å². The van der Waals surface area contributed by atoms with E-state index in [1.165, 1.54) is 72.9 Å². The molecule has 3 aliphatic heterocycles. The molecule has 98 heavy (non-hydrogen) atoms. The second-order valence-corrected chi connectivity index (χ2v) is 29.6. The number of aliphatic hydroxyl groups excluding tert-OH is 1. The smallest absolute Gasteiger partial charge is 0.378 e. The minimum absolute atomic E-state index is 0.0398. The normalized spacial score (nSPS) is 27.1. The summed E-state index contributed by atoms with van der Waals surface area (Å²) >= 11 is 6.14. The van der Waals surface area contributed by atoms with E-state index in [9.17, 15) is 47.0 Å². The molecule has 11 amide bonds. The number of aryl methyl sites for hydroxylation is 1. The summed E-state index contributed by atoms with van der Waals surface area (Å²) in [6.07, 6.45) is 1.55. The third kappa shape index (κ3) is 20.3. The van der Waals surface area contributed by atoms with Crippen molar-refractivity contribution in [1.82, 2.24) is 60.0 Å². The molecule has 0 bridgehead atoms. The molecule has 1 spiro atoms. The van der Waals surface area contributed by atoms with Gasteiger partial charge in [0.05, 0.1) is 36.3 Å². The van der Waals surface area contributed by atoms with Gasteiger partial charge in [-0.15, -0.1) is 0 Å². The topological polar surface area (TPSA) is 273 Å². The minimum atomic E-state index is -4.76. The number of aliphatic hydroxyl groups is 1. The number of likely N-dealkylation sites (tertiary alicyclic amines) is 1. The van der Waals surface area contributed by atoms with Crippen LogP contribution in [0.25, 0.3) is 0 Å². The fourth-order valence-corrected chi connectivity index (χ4v) is 15.0. The maximum atomic E-state index is 15.8. The van der Waals surface area contributed by atoms with Crippen molar-refractivity contribution in [3.05, 3.63) is 34.3 Å². The van der Waals surface area contributed by atoms with Crippen molar-refractivity contribution >= 4 is 76.6 Å². The Morgan fingerprint density at radius 3 is 1.84 bits per heavy atom. The molecule has 5 fully saturated rings. The summed E-state index contributed by atoms with van der Waals surface area (Å²) in [6.45, 7) is 10.2. The van der Waals surface area contributed by atoms with Crippen LogP contribution in [0.1, 0.15) is 175 Å². The van der Waals surface area contributed by atoms with Crippen molar-refractivity contribution in [2.45, 2.75) is 230 Å². The summed E-state index contributed by atoms with van der Waals surface area (Å²) in [7, 11) is 10.1. The molecular weight excluding hydrogens is 1290 g/mol. The summed E-state index contributed by atoms with van der Waals surface area (Å²) in [5.41, 5.74) is -2.33. The molecule has 9 atom stereocenters. The zero-order valence-electron chi connectivity index (χ0n) is 60.0. The molecule has 28 heteroatoms. The number of nitrogens with one attached hydrogen (secondary N) is 3. The van der Waals surface area contributed by atoms with Gasteiger partial charge in [0.1, 0.15) is 48.0 Å². The number of halogens is 4. The van der Waals surface area contributed by atoms with Gasteiger partial charge in [0, 0.05) is 68.3 Å². The number of alkyl halides is 3. The zero-order valence-corrected chi connectivity index (χ0v) is 60.8. The minimum Gasteiger partial charge on any atom is -0.378 e. The molecule has 1 aromatic carbocycles. The maximum Gasteiger partial charge on any atom is 0.417 e. The molecule has 0 aromatic heterocycles. The monoisotopic (exact) mass is 1400 g/mol. The Hall–Kier alpha value is -6.61. The standard InChI is InChI=1S/C70H110ClF3N12O12/c1-14-45(6)59-66(96)80(9)41-57(89)78(7)42-58(90)82(11)53(37-44(4)5)64(94)79(8)40-55(87)75-50(30-28-46-27-29-48(49(71)38-46)70(72,73)74)63(93)86-35-23-26-51(86)62(92)77-69(31-19-20-32-69)68(98)84(13)60(47-24-17-15-18-25-47)67(97)83(12)54(65(95)85-33-21-16-22-34-85)39-56(88)81(10)52(36-43(2)3)61(91)76-59/h27,29,38,43-45,47,50-54,56,59-60,88H,14-26,28,30-37,39-42H2,1-13H3,(H,75,87)(H,76,91)(H,77,92)/t45-,50-,51-,52-,53-,54-,56?,59-,60-/m0/s1. The van der Waals surface area contributed by atoms with E-state index in [2.05, 4.69) is 16.0 Å². The average Bonchev–Trinajstić information content (AvgIpc) is 1.17. The molecular formula is C70H110ClF3N12O12. The number of benzene rings is 1. The van der Waals surface area contributed by atoms with Gasteiger partial charge in [-0.3, -0.25) is 57.6 Å². The molecule has 2 aliphatic carbocycles. The molecule has 6 rings (SSSR count). The van der Waals surface area contributed by atoms with E-state index in [-0.39, 0.29) is 75.7 Å². The predicted octanol–water partition coefficient (Wildman–Crippen LogP) is 5.29. The largest absolute Gasteiger partial charge is 0.417 e. The number of likely N-dealkylation sites (N-methyl/N-ethyl adjacent to an activating group) is 7. The van der Waals surface area contributed by atoms with E-state index in [1.54, 1.807) is 18.9 Å². The van der Waals surface area contributed by atoms with Gasteiger partial charge in [-0.25, -0.2) is 0 Å². The first kappa shape index (κ1) is 80.4. The third-order valence-electron chi connectivity index (χ3n) is 20.9. The fraction of sp³-hybridized carbons (Fsp3) is 0.757. The molecule has 1 aromatic rings. The highest BCUT2D eigenvalue weighted by Crippen LogP contribution is 2.38. The summed E-state index contributed by atoms with van der Waals surface area (Å²) in [5.74, 6) is -8.08. The van der Waals surface area contributed by atoms with Crippen LogP contribution in [0.2, 0.25) is 5.02 Å². The number of nitrogens with zero attached hydrogens (tertiary/aromatic N) is 9. The Bertz CT molecular complexity index is 3000. The van der Waals surface area contributed by atoms with Gasteiger partial charge < -0.3 is 60.3 Å². The highest BCUT2D eigenvalue weighted by molar-refractivity contribution is 6.31. The Labute approximate surface area is 582 Å². The van der Waals surface area contributed by atoms with Crippen molar-refractivity contribution in [3.63, 3.8) is 0 Å². The van der Waals surface area contributed by atoms with Crippen molar-refractivity contribution in [2.24, 2.45) is 23.7 Å². The highest BCUT2D eigenvalue weighted by Gasteiger charge is 2.51. The van der Waals surface area contributed by atoms with Gasteiger partial charge in [-0.05, 0) is 132 Å². The Morgan fingerprint density at radius 2 is 1.24 bits per heavy atom. The number of hydrogen-bond donors (Lipinski definition) is 4. The maximum absolute atomic E-state index is 15.8. The van der Waals surface area contributed by atoms with E-state index in [1.807, 2.05) is 34.6 Å². The van der Waals surface area contributed by atoms with Crippen molar-refractivity contribution in [1.29, 1.82) is 0 Å². The van der Waals surface area contributed by atoms with Gasteiger partial charge in [0.25, 0.3) is 0 Å². The van der Waals surface area contributed by atoms with Crippen LogP contribution in [-0.4, -0.2) is 257 Å². The first-order valence-corrected chi connectivity index (χ1v) is 35.7. The van der Waals surface area contributed by atoms with Crippen molar-refractivity contribution in [3.8, 4) is 0 Å². The van der Waals surface area contributed by atoms with Gasteiger partial charge in [-0.2, -0.15) is 13.2 Å². The van der Waals surface area contributed by atoms with E-state index in [4.69, 9.17) is 11.6 Å². The van der Waals surface area contributed by atoms with E-state index in [0.717, 1.165) is 52.5 Å². The number of rotatable bonds is 11. The zero-order chi connectivity index (χ0) is 72.8. The Kier molecular flexibility index (Phi) is 29.2. The number of carbonyl (C=O) groups excluding carboxylic acids is 11. The number of hydrogen-bond acceptors (Lipinski definition) is 13. The van der Waals surface area contributed by atoms with Crippen LogP contribution < -0.4 is 16.0 Å². The molecule has 3 heterocycles. The molecule has 2 saturated carbocycles. The lowest BCUT2D eigenvalue weighted by Gasteiger charge is -2.44.